The lowest BCUT2D eigenvalue weighted by atomic mass is 9.94. The fourth-order valence-electron chi connectivity index (χ4n) is 2.99. The van der Waals surface area contributed by atoms with E-state index in [4.69, 9.17) is 8.92 Å². The van der Waals surface area contributed by atoms with Crippen molar-refractivity contribution < 1.29 is 22.1 Å². The van der Waals surface area contributed by atoms with Gasteiger partial charge in [0.25, 0.3) is 0 Å². The Kier molecular flexibility index (Phi) is 3.11. The average molecular weight is 340 g/mol. The smallest absolute Gasteiger partial charge is 0.341 e. The van der Waals surface area contributed by atoms with Gasteiger partial charge in [0, 0.05) is 11.1 Å². The average Bonchev–Trinajstić information content (AvgIpc) is 2.60. The third kappa shape index (κ3) is 2.00. The first-order chi connectivity index (χ1) is 11.5. The zero-order valence-corrected chi connectivity index (χ0v) is 13.5. The second kappa shape index (κ2) is 5.07. The third-order valence-corrected chi connectivity index (χ3v) is 5.31. The summed E-state index contributed by atoms with van der Waals surface area (Å²) in [4.78, 5) is 12.2. The molecule has 1 aliphatic rings. The van der Waals surface area contributed by atoms with Crippen LogP contribution in [-0.4, -0.2) is 21.5 Å². The molecule has 0 radical (unpaired) electrons. The van der Waals surface area contributed by atoms with Crippen LogP contribution in [-0.2, 0) is 14.9 Å². The molecule has 0 aromatic heterocycles. The minimum absolute atomic E-state index is 0.0132. The minimum Gasteiger partial charge on any atom is -0.465 e. The zero-order chi connectivity index (χ0) is 16.9. The molecule has 0 bridgehead atoms. The van der Waals surface area contributed by atoms with Crippen molar-refractivity contribution in [3.63, 3.8) is 0 Å². The number of carbonyl (C=O) groups is 1. The highest BCUT2D eigenvalue weighted by molar-refractivity contribution is 7.87. The number of hydrogen-bond acceptors (Lipinski definition) is 5. The molecule has 0 unspecified atom stereocenters. The van der Waals surface area contributed by atoms with Gasteiger partial charge in [-0.15, -0.1) is 0 Å². The Bertz CT molecular complexity index is 1100. The maximum Gasteiger partial charge on any atom is 0.341 e. The monoisotopic (exact) mass is 340 g/mol. The van der Waals surface area contributed by atoms with Gasteiger partial charge >= 0.3 is 16.1 Å². The molecule has 24 heavy (non-hydrogen) atoms. The van der Waals surface area contributed by atoms with Crippen LogP contribution in [0.1, 0.15) is 10.4 Å². The number of rotatable bonds is 1. The Labute approximate surface area is 138 Å². The van der Waals surface area contributed by atoms with Gasteiger partial charge in [0.2, 0.25) is 0 Å². The van der Waals surface area contributed by atoms with Gasteiger partial charge in [-0.2, -0.15) is 8.42 Å². The van der Waals surface area contributed by atoms with Gasteiger partial charge in [0.15, 0.2) is 5.75 Å². The number of benzene rings is 3. The summed E-state index contributed by atoms with van der Waals surface area (Å²) in [6, 6.07) is 15.6. The maximum atomic E-state index is 12.5. The Morgan fingerprint density at radius 1 is 1.04 bits per heavy atom. The van der Waals surface area contributed by atoms with E-state index in [0.29, 0.717) is 11.1 Å². The van der Waals surface area contributed by atoms with Crippen molar-refractivity contribution in [1.82, 2.24) is 0 Å². The standard InChI is InChI=1S/C18H12O5S/c1-22-18(19)14-10-11-6-2-3-7-12(11)16-13-8-4-5-9-15(13)24(20,21)23-17(14)16/h2-10H,1H3. The Hall–Kier alpha value is -2.86. The summed E-state index contributed by atoms with van der Waals surface area (Å²) >= 11 is 0. The number of ether oxygens (including phenoxy) is 1. The van der Waals surface area contributed by atoms with E-state index in [9.17, 15) is 13.2 Å². The van der Waals surface area contributed by atoms with Crippen LogP contribution in [0.25, 0.3) is 21.9 Å². The molecule has 3 aromatic rings. The number of fused-ring (bicyclic) bond motifs is 5. The van der Waals surface area contributed by atoms with Crippen molar-refractivity contribution >= 4 is 26.9 Å². The first-order valence-corrected chi connectivity index (χ1v) is 8.62. The van der Waals surface area contributed by atoms with Crippen molar-refractivity contribution in [2.45, 2.75) is 4.90 Å². The van der Waals surface area contributed by atoms with Gasteiger partial charge in [-0.3, -0.25) is 0 Å². The predicted octanol–water partition coefficient (Wildman–Crippen LogP) is 3.37. The highest BCUT2D eigenvalue weighted by Crippen LogP contribution is 2.47. The highest BCUT2D eigenvalue weighted by atomic mass is 32.2. The number of hydrogen-bond donors (Lipinski definition) is 0. The van der Waals surface area contributed by atoms with Crippen LogP contribution in [0.2, 0.25) is 0 Å². The summed E-state index contributed by atoms with van der Waals surface area (Å²) in [5.41, 5.74) is 1.18. The molecule has 4 rings (SSSR count). The molecule has 0 saturated carbocycles. The Morgan fingerprint density at radius 2 is 1.75 bits per heavy atom. The summed E-state index contributed by atoms with van der Waals surface area (Å²) < 4.78 is 35.0. The van der Waals surface area contributed by atoms with Gasteiger partial charge < -0.3 is 8.92 Å². The van der Waals surface area contributed by atoms with E-state index in [0.717, 1.165) is 10.8 Å². The van der Waals surface area contributed by atoms with Crippen molar-refractivity contribution in [2.75, 3.05) is 7.11 Å². The summed E-state index contributed by atoms with van der Waals surface area (Å²) in [6.07, 6.45) is 0. The van der Waals surface area contributed by atoms with E-state index in [-0.39, 0.29) is 16.2 Å². The molecule has 120 valence electrons. The number of esters is 1. The van der Waals surface area contributed by atoms with Crippen molar-refractivity contribution in [3.8, 4) is 16.9 Å². The van der Waals surface area contributed by atoms with Crippen LogP contribution in [0.4, 0.5) is 0 Å². The second-order valence-corrected chi connectivity index (χ2v) is 6.89. The van der Waals surface area contributed by atoms with E-state index in [1.807, 2.05) is 24.3 Å². The van der Waals surface area contributed by atoms with Gasteiger partial charge in [-0.25, -0.2) is 4.79 Å². The van der Waals surface area contributed by atoms with Gasteiger partial charge in [0.1, 0.15) is 10.5 Å². The van der Waals surface area contributed by atoms with E-state index < -0.39 is 16.1 Å². The molecule has 0 amide bonds. The lowest BCUT2D eigenvalue weighted by molar-refractivity contribution is 0.0599. The molecule has 0 atom stereocenters. The second-order valence-electron chi connectivity index (χ2n) is 5.37. The minimum atomic E-state index is -4.00. The van der Waals surface area contributed by atoms with Crippen LogP contribution < -0.4 is 4.18 Å². The van der Waals surface area contributed by atoms with E-state index in [2.05, 4.69) is 0 Å². The largest absolute Gasteiger partial charge is 0.465 e. The lowest BCUT2D eigenvalue weighted by Gasteiger charge is -2.23. The Morgan fingerprint density at radius 3 is 2.54 bits per heavy atom. The third-order valence-electron chi connectivity index (χ3n) is 4.03. The summed E-state index contributed by atoms with van der Waals surface area (Å²) in [6.45, 7) is 0. The molecule has 1 aliphatic heterocycles. The van der Waals surface area contributed by atoms with Crippen molar-refractivity contribution in [1.29, 1.82) is 0 Å². The van der Waals surface area contributed by atoms with Crippen LogP contribution in [0, 0.1) is 0 Å². The van der Waals surface area contributed by atoms with Gasteiger partial charge in [-0.1, -0.05) is 42.5 Å². The molecule has 0 saturated heterocycles. The fraction of sp³-hybridized carbons (Fsp3) is 0.0556. The molecule has 1 heterocycles. The quantitative estimate of drug-likeness (QED) is 0.502. The van der Waals surface area contributed by atoms with Crippen LogP contribution in [0.3, 0.4) is 0 Å². The molecule has 3 aromatic carbocycles. The predicted molar refractivity (Wildman–Crippen MR) is 88.5 cm³/mol. The van der Waals surface area contributed by atoms with E-state index in [1.54, 1.807) is 24.3 Å². The first kappa shape index (κ1) is 14.7. The molecule has 0 N–H and O–H groups in total. The van der Waals surface area contributed by atoms with Crippen molar-refractivity contribution in [3.05, 3.63) is 60.2 Å². The van der Waals surface area contributed by atoms with Crippen LogP contribution in [0.15, 0.2) is 59.5 Å². The van der Waals surface area contributed by atoms with Gasteiger partial charge in [-0.05, 0) is 22.9 Å². The number of carbonyl (C=O) groups excluding carboxylic acids is 1. The molecule has 0 fully saturated rings. The van der Waals surface area contributed by atoms with Gasteiger partial charge in [0.05, 0.1) is 7.11 Å². The van der Waals surface area contributed by atoms with E-state index >= 15 is 0 Å². The molecule has 5 nitrogen and oxygen atoms in total. The van der Waals surface area contributed by atoms with Crippen LogP contribution >= 0.6 is 0 Å². The summed E-state index contributed by atoms with van der Waals surface area (Å²) in [7, 11) is -2.75. The fourth-order valence-corrected chi connectivity index (χ4v) is 4.16. The van der Waals surface area contributed by atoms with E-state index in [1.165, 1.54) is 13.2 Å². The topological polar surface area (TPSA) is 69.7 Å². The summed E-state index contributed by atoms with van der Waals surface area (Å²) in [5.74, 6) is -0.633. The Balaban J connectivity index is 2.22. The zero-order valence-electron chi connectivity index (χ0n) is 12.6. The SMILES string of the molecule is COC(=O)c1cc2ccccc2c2c1OS(=O)(=O)c1ccccc1-2. The highest BCUT2D eigenvalue weighted by Gasteiger charge is 2.34. The molecule has 0 spiro atoms. The van der Waals surface area contributed by atoms with Crippen LogP contribution in [0.5, 0.6) is 5.75 Å². The first-order valence-electron chi connectivity index (χ1n) is 7.21. The summed E-state index contributed by atoms with van der Waals surface area (Å²) in [5, 5.41) is 1.61. The lowest BCUT2D eigenvalue weighted by Crippen LogP contribution is -2.19. The molecule has 0 aliphatic carbocycles. The molecule has 6 heteroatoms. The number of methoxy groups -OCH3 is 1. The normalized spacial score (nSPS) is 14.4. The van der Waals surface area contributed by atoms with Crippen molar-refractivity contribution in [2.24, 2.45) is 0 Å². The molecular formula is C18H12O5S. The maximum absolute atomic E-state index is 12.5. The molecular weight excluding hydrogens is 328 g/mol.